The highest BCUT2D eigenvalue weighted by molar-refractivity contribution is 9.10. The molecule has 0 saturated carbocycles. The van der Waals surface area contributed by atoms with Gasteiger partial charge in [-0.2, -0.15) is 4.31 Å². The summed E-state index contributed by atoms with van der Waals surface area (Å²) in [5.74, 6) is -1.64. The van der Waals surface area contributed by atoms with Gasteiger partial charge in [0.05, 0.1) is 29.7 Å². The zero-order valence-electron chi connectivity index (χ0n) is 19.9. The van der Waals surface area contributed by atoms with Crippen LogP contribution in [0.25, 0.3) is 0 Å². The molecule has 2 aromatic rings. The molecule has 10 heteroatoms. The van der Waals surface area contributed by atoms with Crippen LogP contribution < -0.4 is 4.90 Å². The molecule has 1 heterocycles. The van der Waals surface area contributed by atoms with Gasteiger partial charge in [0.1, 0.15) is 6.04 Å². The smallest absolute Gasteiger partial charge is 0.337 e. The van der Waals surface area contributed by atoms with Crippen LogP contribution in [0.3, 0.4) is 0 Å². The Bertz CT molecular complexity index is 1290. The number of sulfonamides is 1. The highest BCUT2D eigenvalue weighted by atomic mass is 79.9. The third-order valence-corrected chi connectivity index (χ3v) is 8.93. The maximum absolute atomic E-state index is 13.7. The normalized spacial score (nSPS) is 18.5. The molecule has 190 valence electrons. The maximum Gasteiger partial charge on any atom is 0.337 e. The molecule has 2 amide bonds. The van der Waals surface area contributed by atoms with E-state index >= 15 is 0 Å². The molecule has 2 aromatic carbocycles. The molecule has 1 aliphatic carbocycles. The fraction of sp³-hybridized carbons (Fsp3) is 0.346. The standard InChI is InChI=1S/C26H27BrN2O6S/c1-35-26(32)19-7-11-21(12-8-19)29-24(30)17-23(25(29)31)28(16-15-18-5-3-2-4-6-18)36(33,34)22-13-9-20(27)10-14-22/h5,7-14,23H,2-4,6,15-17H2,1H3. The Morgan fingerprint density at radius 1 is 1.08 bits per heavy atom. The minimum atomic E-state index is -4.06. The quantitative estimate of drug-likeness (QED) is 0.262. The predicted octanol–water partition coefficient (Wildman–Crippen LogP) is 4.45. The lowest BCUT2D eigenvalue weighted by Gasteiger charge is -2.28. The van der Waals surface area contributed by atoms with Crippen LogP contribution in [0.2, 0.25) is 0 Å². The summed E-state index contributed by atoms with van der Waals surface area (Å²) in [5, 5.41) is 0. The molecule has 0 spiro atoms. The fourth-order valence-corrected chi connectivity index (χ4v) is 6.39. The number of carbonyl (C=O) groups excluding carboxylic acids is 3. The van der Waals surface area contributed by atoms with Gasteiger partial charge >= 0.3 is 5.97 Å². The topological polar surface area (TPSA) is 101 Å². The molecule has 1 atom stereocenters. The number of nitrogens with zero attached hydrogens (tertiary/aromatic N) is 2. The highest BCUT2D eigenvalue weighted by Crippen LogP contribution is 2.31. The molecule has 1 aliphatic heterocycles. The molecule has 0 N–H and O–H groups in total. The number of rotatable bonds is 8. The molecule has 2 aliphatic rings. The summed E-state index contributed by atoms with van der Waals surface area (Å²) in [6, 6.07) is 10.9. The Hall–Kier alpha value is -2.82. The lowest BCUT2D eigenvalue weighted by molar-refractivity contribution is -0.122. The number of benzene rings is 2. The summed E-state index contributed by atoms with van der Waals surface area (Å²) >= 11 is 3.32. The average molecular weight is 575 g/mol. The SMILES string of the molecule is COC(=O)c1ccc(N2C(=O)CC(N(CCC3=CCCCC3)S(=O)(=O)c3ccc(Br)cc3)C2=O)cc1. The van der Waals surface area contributed by atoms with E-state index in [1.54, 1.807) is 12.1 Å². The molecular formula is C26H27BrN2O6S. The molecular weight excluding hydrogens is 548 g/mol. The van der Waals surface area contributed by atoms with Gasteiger partial charge in [-0.05, 0) is 80.6 Å². The fourth-order valence-electron chi connectivity index (χ4n) is 4.55. The van der Waals surface area contributed by atoms with E-state index < -0.39 is 33.8 Å². The van der Waals surface area contributed by atoms with Crippen molar-refractivity contribution in [3.05, 3.63) is 70.2 Å². The van der Waals surface area contributed by atoms with E-state index in [1.807, 2.05) is 0 Å². The summed E-state index contributed by atoms with van der Waals surface area (Å²) in [6.45, 7) is 0.100. The summed E-state index contributed by atoms with van der Waals surface area (Å²) in [7, 11) is -2.80. The largest absolute Gasteiger partial charge is 0.465 e. The van der Waals surface area contributed by atoms with Crippen LogP contribution in [0.5, 0.6) is 0 Å². The van der Waals surface area contributed by atoms with Crippen molar-refractivity contribution in [2.45, 2.75) is 49.5 Å². The number of imide groups is 1. The number of allylic oxidation sites excluding steroid dienone is 1. The van der Waals surface area contributed by atoms with Crippen LogP contribution in [0.4, 0.5) is 5.69 Å². The molecule has 1 saturated heterocycles. The second-order valence-corrected chi connectivity index (χ2v) is 11.6. The van der Waals surface area contributed by atoms with Crippen LogP contribution in [0, 0.1) is 0 Å². The van der Waals surface area contributed by atoms with Crippen molar-refractivity contribution in [2.75, 3.05) is 18.6 Å². The number of hydrogen-bond acceptors (Lipinski definition) is 6. The molecule has 1 fully saturated rings. The molecule has 0 aromatic heterocycles. The van der Waals surface area contributed by atoms with E-state index in [9.17, 15) is 22.8 Å². The van der Waals surface area contributed by atoms with E-state index in [-0.39, 0.29) is 29.1 Å². The van der Waals surface area contributed by atoms with Crippen molar-refractivity contribution < 1.29 is 27.5 Å². The predicted molar refractivity (Wildman–Crippen MR) is 138 cm³/mol. The summed E-state index contributed by atoms with van der Waals surface area (Å²) in [4.78, 5) is 39.3. The molecule has 0 bridgehead atoms. The van der Waals surface area contributed by atoms with E-state index in [0.29, 0.717) is 6.42 Å². The van der Waals surface area contributed by atoms with Crippen LogP contribution >= 0.6 is 15.9 Å². The number of methoxy groups -OCH3 is 1. The Balaban J connectivity index is 1.64. The van der Waals surface area contributed by atoms with Gasteiger partial charge in [0.25, 0.3) is 5.91 Å². The number of anilines is 1. The average Bonchev–Trinajstić information content (AvgIpc) is 3.17. The van der Waals surface area contributed by atoms with E-state index in [1.165, 1.54) is 53.4 Å². The first-order valence-electron chi connectivity index (χ1n) is 11.7. The third-order valence-electron chi connectivity index (χ3n) is 6.48. The van der Waals surface area contributed by atoms with Gasteiger partial charge in [-0.1, -0.05) is 27.6 Å². The third kappa shape index (κ3) is 5.45. The van der Waals surface area contributed by atoms with Gasteiger partial charge in [-0.25, -0.2) is 18.1 Å². The Morgan fingerprint density at radius 3 is 2.39 bits per heavy atom. The van der Waals surface area contributed by atoms with Gasteiger partial charge < -0.3 is 4.74 Å². The number of amides is 2. The van der Waals surface area contributed by atoms with E-state index in [4.69, 9.17) is 0 Å². The van der Waals surface area contributed by atoms with Gasteiger partial charge in [0, 0.05) is 11.0 Å². The Labute approximate surface area is 219 Å². The first-order valence-corrected chi connectivity index (χ1v) is 14.0. The number of ether oxygens (including phenoxy) is 1. The van der Waals surface area contributed by atoms with E-state index in [2.05, 4.69) is 26.7 Å². The van der Waals surface area contributed by atoms with Crippen LogP contribution in [-0.4, -0.2) is 50.2 Å². The van der Waals surface area contributed by atoms with Gasteiger partial charge in [-0.3, -0.25) is 9.59 Å². The first kappa shape index (κ1) is 26.2. The van der Waals surface area contributed by atoms with Gasteiger partial charge in [0.2, 0.25) is 15.9 Å². The Kier molecular flexibility index (Phi) is 8.07. The number of esters is 1. The molecule has 1 unspecified atom stereocenters. The highest BCUT2D eigenvalue weighted by Gasteiger charge is 2.46. The van der Waals surface area contributed by atoms with Crippen LogP contribution in [-0.2, 0) is 24.3 Å². The zero-order chi connectivity index (χ0) is 25.9. The number of hydrogen-bond donors (Lipinski definition) is 0. The Morgan fingerprint density at radius 2 is 1.78 bits per heavy atom. The van der Waals surface area contributed by atoms with Crippen molar-refractivity contribution in [3.8, 4) is 0 Å². The summed E-state index contributed by atoms with van der Waals surface area (Å²) in [5.41, 5.74) is 1.72. The van der Waals surface area contributed by atoms with Crippen molar-refractivity contribution in [3.63, 3.8) is 0 Å². The second-order valence-electron chi connectivity index (χ2n) is 8.75. The van der Waals surface area contributed by atoms with Crippen molar-refractivity contribution in [1.29, 1.82) is 0 Å². The van der Waals surface area contributed by atoms with Crippen LogP contribution in [0.1, 0.15) is 48.9 Å². The number of halogens is 1. The van der Waals surface area contributed by atoms with Crippen LogP contribution in [0.15, 0.2) is 69.5 Å². The van der Waals surface area contributed by atoms with Gasteiger partial charge in [0.15, 0.2) is 0 Å². The monoisotopic (exact) mass is 574 g/mol. The van der Waals surface area contributed by atoms with Crippen molar-refractivity contribution >= 4 is 49.4 Å². The molecule has 8 nitrogen and oxygen atoms in total. The second kappa shape index (κ2) is 11.1. The number of carbonyl (C=O) groups is 3. The van der Waals surface area contributed by atoms with Gasteiger partial charge in [-0.15, -0.1) is 0 Å². The lowest BCUT2D eigenvalue weighted by Crippen LogP contribution is -2.46. The van der Waals surface area contributed by atoms with Crippen molar-refractivity contribution in [1.82, 2.24) is 4.31 Å². The lowest BCUT2D eigenvalue weighted by atomic mass is 9.97. The minimum absolute atomic E-state index is 0.0597. The summed E-state index contributed by atoms with van der Waals surface area (Å²) in [6.07, 6.45) is 6.43. The molecule has 0 radical (unpaired) electrons. The maximum atomic E-state index is 13.7. The summed E-state index contributed by atoms with van der Waals surface area (Å²) < 4.78 is 34.0. The zero-order valence-corrected chi connectivity index (χ0v) is 22.3. The first-order chi connectivity index (χ1) is 17.2. The van der Waals surface area contributed by atoms with E-state index in [0.717, 1.165) is 35.1 Å². The minimum Gasteiger partial charge on any atom is -0.465 e. The van der Waals surface area contributed by atoms with Crippen molar-refractivity contribution in [2.24, 2.45) is 0 Å². The molecule has 36 heavy (non-hydrogen) atoms. The molecule has 4 rings (SSSR count).